The zero-order chi connectivity index (χ0) is 15.5. The quantitative estimate of drug-likeness (QED) is 0.752. The van der Waals surface area contributed by atoms with Crippen LogP contribution in [0.2, 0.25) is 0 Å². The van der Waals surface area contributed by atoms with Crippen LogP contribution in [0, 0.1) is 6.92 Å². The Balaban J connectivity index is 1.77. The molecule has 1 aromatic heterocycles. The van der Waals surface area contributed by atoms with Crippen molar-refractivity contribution < 1.29 is 14.6 Å². The standard InChI is InChI=1S/C17H14N2O3/c1-11-16(19-15-5-3-2-4-14(15)18-11)10-22-17(21)12-6-8-13(20)9-7-12/h2-9,20H,10H2,1H3. The van der Waals surface area contributed by atoms with Gasteiger partial charge in [-0.25, -0.2) is 14.8 Å². The minimum Gasteiger partial charge on any atom is -0.508 e. The first-order valence-electron chi connectivity index (χ1n) is 6.82. The molecule has 0 amide bonds. The first kappa shape index (κ1) is 14.0. The summed E-state index contributed by atoms with van der Waals surface area (Å²) >= 11 is 0. The van der Waals surface area contributed by atoms with Crippen molar-refractivity contribution in [3.05, 3.63) is 65.5 Å². The molecule has 0 saturated heterocycles. The Morgan fingerprint density at radius 3 is 2.36 bits per heavy atom. The molecule has 0 aliphatic carbocycles. The highest BCUT2D eigenvalue weighted by Crippen LogP contribution is 2.15. The lowest BCUT2D eigenvalue weighted by molar-refractivity contribution is 0.0467. The molecule has 3 aromatic rings. The van der Waals surface area contributed by atoms with Crippen LogP contribution >= 0.6 is 0 Å². The molecule has 0 fully saturated rings. The fourth-order valence-corrected chi connectivity index (χ4v) is 2.08. The van der Waals surface area contributed by atoms with Gasteiger partial charge in [-0.05, 0) is 43.3 Å². The molecule has 0 spiro atoms. The molecular formula is C17H14N2O3. The van der Waals surface area contributed by atoms with Gasteiger partial charge in [0.2, 0.25) is 0 Å². The lowest BCUT2D eigenvalue weighted by Crippen LogP contribution is -2.08. The maximum atomic E-state index is 12.0. The van der Waals surface area contributed by atoms with Crippen molar-refractivity contribution in [2.75, 3.05) is 0 Å². The third-order valence-electron chi connectivity index (χ3n) is 3.29. The van der Waals surface area contributed by atoms with E-state index in [0.29, 0.717) is 11.3 Å². The van der Waals surface area contributed by atoms with Gasteiger partial charge in [-0.2, -0.15) is 0 Å². The number of hydrogen-bond donors (Lipinski definition) is 1. The molecule has 1 N–H and O–H groups in total. The van der Waals surface area contributed by atoms with E-state index in [1.807, 2.05) is 31.2 Å². The zero-order valence-electron chi connectivity index (χ0n) is 12.0. The van der Waals surface area contributed by atoms with E-state index in [2.05, 4.69) is 9.97 Å². The maximum Gasteiger partial charge on any atom is 0.338 e. The van der Waals surface area contributed by atoms with Gasteiger partial charge in [0.15, 0.2) is 0 Å². The molecular weight excluding hydrogens is 280 g/mol. The lowest BCUT2D eigenvalue weighted by Gasteiger charge is -2.08. The third-order valence-corrected chi connectivity index (χ3v) is 3.29. The Kier molecular flexibility index (Phi) is 3.70. The number of aromatic nitrogens is 2. The Morgan fingerprint density at radius 1 is 1.05 bits per heavy atom. The molecule has 22 heavy (non-hydrogen) atoms. The SMILES string of the molecule is Cc1nc2ccccc2nc1COC(=O)c1ccc(O)cc1. The van der Waals surface area contributed by atoms with Crippen LogP contribution in [0.15, 0.2) is 48.5 Å². The van der Waals surface area contributed by atoms with Crippen LogP contribution < -0.4 is 0 Å². The number of phenolic OH excluding ortho intramolecular Hbond substituents is 1. The monoisotopic (exact) mass is 294 g/mol. The van der Waals surface area contributed by atoms with Crippen molar-refractivity contribution in [3.8, 4) is 5.75 Å². The molecule has 2 aromatic carbocycles. The smallest absolute Gasteiger partial charge is 0.338 e. The van der Waals surface area contributed by atoms with Gasteiger partial charge in [0.25, 0.3) is 0 Å². The maximum absolute atomic E-state index is 12.0. The minimum absolute atomic E-state index is 0.0589. The molecule has 0 atom stereocenters. The van der Waals surface area contributed by atoms with E-state index in [9.17, 15) is 9.90 Å². The summed E-state index contributed by atoms with van der Waals surface area (Å²) in [4.78, 5) is 20.9. The number of ether oxygens (including phenoxy) is 1. The number of aryl methyl sites for hydroxylation is 1. The number of aromatic hydroxyl groups is 1. The lowest BCUT2D eigenvalue weighted by atomic mass is 10.2. The van der Waals surface area contributed by atoms with Crippen LogP contribution in [0.4, 0.5) is 0 Å². The van der Waals surface area contributed by atoms with E-state index in [1.165, 1.54) is 24.3 Å². The van der Waals surface area contributed by atoms with Gasteiger partial charge in [-0.15, -0.1) is 0 Å². The molecule has 3 rings (SSSR count). The number of carbonyl (C=O) groups is 1. The number of benzene rings is 2. The summed E-state index contributed by atoms with van der Waals surface area (Å²) < 4.78 is 5.26. The number of carbonyl (C=O) groups excluding carboxylic acids is 1. The molecule has 1 heterocycles. The van der Waals surface area contributed by atoms with Crippen LogP contribution in [-0.4, -0.2) is 21.0 Å². The summed E-state index contributed by atoms with van der Waals surface area (Å²) in [6.07, 6.45) is 0. The number of hydrogen-bond acceptors (Lipinski definition) is 5. The van der Waals surface area contributed by atoms with Gasteiger partial charge < -0.3 is 9.84 Å². The topological polar surface area (TPSA) is 72.3 Å². The van der Waals surface area contributed by atoms with Crippen molar-refractivity contribution >= 4 is 17.0 Å². The van der Waals surface area contributed by atoms with Gasteiger partial charge in [0, 0.05) is 0 Å². The number of phenols is 1. The third kappa shape index (κ3) is 2.88. The second-order valence-corrected chi connectivity index (χ2v) is 4.87. The highest BCUT2D eigenvalue weighted by Gasteiger charge is 2.10. The fourth-order valence-electron chi connectivity index (χ4n) is 2.08. The second kappa shape index (κ2) is 5.81. The van der Waals surface area contributed by atoms with Crippen molar-refractivity contribution in [1.29, 1.82) is 0 Å². The normalized spacial score (nSPS) is 10.6. The van der Waals surface area contributed by atoms with Crippen LogP contribution in [0.5, 0.6) is 5.75 Å². The number of esters is 1. The summed E-state index contributed by atoms with van der Waals surface area (Å²) in [6.45, 7) is 1.90. The summed E-state index contributed by atoms with van der Waals surface area (Å²) in [5, 5.41) is 9.21. The molecule has 0 unspecified atom stereocenters. The van der Waals surface area contributed by atoms with Crippen molar-refractivity contribution in [1.82, 2.24) is 9.97 Å². The number of fused-ring (bicyclic) bond motifs is 1. The number of para-hydroxylation sites is 2. The van der Waals surface area contributed by atoms with E-state index >= 15 is 0 Å². The second-order valence-electron chi connectivity index (χ2n) is 4.87. The zero-order valence-corrected chi connectivity index (χ0v) is 12.0. The summed E-state index contributed by atoms with van der Waals surface area (Å²) in [6, 6.07) is 13.5. The van der Waals surface area contributed by atoms with Gasteiger partial charge in [-0.3, -0.25) is 0 Å². The van der Waals surface area contributed by atoms with Gasteiger partial charge in [0.05, 0.1) is 28.0 Å². The molecule has 0 radical (unpaired) electrons. The van der Waals surface area contributed by atoms with Gasteiger partial charge in [0.1, 0.15) is 12.4 Å². The number of nitrogens with zero attached hydrogens (tertiary/aromatic N) is 2. The summed E-state index contributed by atoms with van der Waals surface area (Å²) in [7, 11) is 0. The minimum atomic E-state index is -0.464. The Labute approximate surface area is 127 Å². The predicted molar refractivity (Wildman–Crippen MR) is 81.5 cm³/mol. The van der Waals surface area contributed by atoms with Gasteiger partial charge in [-0.1, -0.05) is 12.1 Å². The van der Waals surface area contributed by atoms with E-state index in [4.69, 9.17) is 4.74 Å². The molecule has 110 valence electrons. The Hall–Kier alpha value is -2.95. The first-order chi connectivity index (χ1) is 10.6. The molecule has 0 aliphatic heterocycles. The Morgan fingerprint density at radius 2 is 1.68 bits per heavy atom. The highest BCUT2D eigenvalue weighted by atomic mass is 16.5. The van der Waals surface area contributed by atoms with Crippen LogP contribution in [0.25, 0.3) is 11.0 Å². The van der Waals surface area contributed by atoms with Crippen LogP contribution in [0.1, 0.15) is 21.7 Å². The van der Waals surface area contributed by atoms with Gasteiger partial charge >= 0.3 is 5.97 Å². The number of rotatable bonds is 3. The van der Waals surface area contributed by atoms with Crippen LogP contribution in [0.3, 0.4) is 0 Å². The predicted octanol–water partition coefficient (Wildman–Crippen LogP) is 3.00. The van der Waals surface area contributed by atoms with Crippen LogP contribution in [-0.2, 0) is 11.3 Å². The summed E-state index contributed by atoms with van der Waals surface area (Å²) in [5.74, 6) is -0.359. The van der Waals surface area contributed by atoms with E-state index in [1.54, 1.807) is 0 Å². The average Bonchev–Trinajstić information content (AvgIpc) is 2.53. The van der Waals surface area contributed by atoms with Crippen molar-refractivity contribution in [2.45, 2.75) is 13.5 Å². The van der Waals surface area contributed by atoms with E-state index in [0.717, 1.165) is 16.7 Å². The first-order valence-corrected chi connectivity index (χ1v) is 6.82. The molecule has 5 nitrogen and oxygen atoms in total. The highest BCUT2D eigenvalue weighted by molar-refractivity contribution is 5.89. The largest absolute Gasteiger partial charge is 0.508 e. The fraction of sp³-hybridized carbons (Fsp3) is 0.118. The molecule has 5 heteroatoms. The molecule has 0 saturated carbocycles. The van der Waals surface area contributed by atoms with E-state index in [-0.39, 0.29) is 12.4 Å². The van der Waals surface area contributed by atoms with Crippen molar-refractivity contribution in [2.24, 2.45) is 0 Å². The Bertz CT molecular complexity index is 829. The average molecular weight is 294 g/mol. The molecule has 0 aliphatic rings. The summed E-state index contributed by atoms with van der Waals surface area (Å²) in [5.41, 5.74) is 3.32. The van der Waals surface area contributed by atoms with Crippen molar-refractivity contribution in [3.63, 3.8) is 0 Å². The molecule has 0 bridgehead atoms. The van der Waals surface area contributed by atoms with E-state index < -0.39 is 5.97 Å².